The number of rotatable bonds is 5. The number of ether oxygens (including phenoxy) is 2. The second-order valence-corrected chi connectivity index (χ2v) is 5.09. The van der Waals surface area contributed by atoms with Crippen LogP contribution in [0.4, 0.5) is 0 Å². The van der Waals surface area contributed by atoms with Crippen molar-refractivity contribution in [2.24, 2.45) is 5.10 Å². The second-order valence-electron chi connectivity index (χ2n) is 5.09. The number of esters is 1. The van der Waals surface area contributed by atoms with Gasteiger partial charge in [0.15, 0.2) is 11.5 Å². The highest BCUT2D eigenvalue weighted by molar-refractivity contribution is 5.91. The maximum Gasteiger partial charge on any atom is 0.343 e. The smallest absolute Gasteiger partial charge is 0.343 e. The third-order valence-electron chi connectivity index (χ3n) is 3.11. The van der Waals surface area contributed by atoms with Crippen molar-refractivity contribution in [3.8, 4) is 11.5 Å². The van der Waals surface area contributed by atoms with Gasteiger partial charge in [-0.3, -0.25) is 4.79 Å². The van der Waals surface area contributed by atoms with Gasteiger partial charge in [0.1, 0.15) is 0 Å². The summed E-state index contributed by atoms with van der Waals surface area (Å²) >= 11 is 0. The largest absolute Gasteiger partial charge is 0.493 e. The number of nitrogens with one attached hydrogen (secondary N) is 1. The Morgan fingerprint density at radius 3 is 2.42 bits per heavy atom. The highest BCUT2D eigenvalue weighted by Gasteiger charge is 2.12. The molecule has 124 valence electrons. The van der Waals surface area contributed by atoms with E-state index < -0.39 is 5.97 Å². The van der Waals surface area contributed by atoms with Gasteiger partial charge in [-0.1, -0.05) is 17.7 Å². The lowest BCUT2D eigenvalue weighted by molar-refractivity contribution is -0.118. The van der Waals surface area contributed by atoms with Gasteiger partial charge in [-0.25, -0.2) is 10.2 Å². The minimum atomic E-state index is -0.465. The Morgan fingerprint density at radius 1 is 1.08 bits per heavy atom. The van der Waals surface area contributed by atoms with Gasteiger partial charge in [-0.05, 0) is 42.8 Å². The van der Waals surface area contributed by atoms with E-state index in [0.717, 1.165) is 5.56 Å². The van der Waals surface area contributed by atoms with Gasteiger partial charge in [0.2, 0.25) is 5.91 Å². The molecule has 0 heterocycles. The number of amides is 1. The average molecular weight is 326 g/mol. The van der Waals surface area contributed by atoms with Crippen LogP contribution in [0, 0.1) is 6.92 Å². The molecule has 6 heteroatoms. The number of hydrogen-bond donors (Lipinski definition) is 1. The first-order chi connectivity index (χ1) is 11.5. The molecule has 2 rings (SSSR count). The lowest BCUT2D eigenvalue weighted by Gasteiger charge is -2.10. The Morgan fingerprint density at radius 2 is 1.79 bits per heavy atom. The summed E-state index contributed by atoms with van der Waals surface area (Å²) in [5.41, 5.74) is 4.52. The monoisotopic (exact) mass is 326 g/mol. The van der Waals surface area contributed by atoms with Crippen molar-refractivity contribution < 1.29 is 19.1 Å². The number of hydrazone groups is 1. The molecule has 0 saturated heterocycles. The topological polar surface area (TPSA) is 77.0 Å². The highest BCUT2D eigenvalue weighted by atomic mass is 16.6. The van der Waals surface area contributed by atoms with Gasteiger partial charge in [0.25, 0.3) is 0 Å². The maximum atomic E-state index is 12.2. The third-order valence-corrected chi connectivity index (χ3v) is 3.11. The lowest BCUT2D eigenvalue weighted by Crippen LogP contribution is -2.12. The zero-order chi connectivity index (χ0) is 17.5. The van der Waals surface area contributed by atoms with E-state index >= 15 is 0 Å². The molecule has 2 aromatic rings. The average Bonchev–Trinajstić information content (AvgIpc) is 2.56. The zero-order valence-corrected chi connectivity index (χ0v) is 13.7. The Labute approximate surface area is 140 Å². The summed E-state index contributed by atoms with van der Waals surface area (Å²) in [7, 11) is 1.48. The summed E-state index contributed by atoms with van der Waals surface area (Å²) in [6.45, 7) is 3.31. The molecule has 0 aliphatic heterocycles. The van der Waals surface area contributed by atoms with Crippen LogP contribution in [0.15, 0.2) is 47.6 Å². The molecule has 1 N–H and O–H groups in total. The highest BCUT2D eigenvalue weighted by Crippen LogP contribution is 2.28. The Kier molecular flexibility index (Phi) is 5.68. The molecule has 6 nitrogen and oxygen atoms in total. The Balaban J connectivity index is 2.15. The molecule has 24 heavy (non-hydrogen) atoms. The summed E-state index contributed by atoms with van der Waals surface area (Å²) in [6.07, 6.45) is 1.47. The fourth-order valence-electron chi connectivity index (χ4n) is 1.89. The predicted octanol–water partition coefficient (Wildman–Crippen LogP) is 2.69. The first kappa shape index (κ1) is 17.2. The minimum absolute atomic E-state index is 0.262. The quantitative estimate of drug-likeness (QED) is 0.397. The van der Waals surface area contributed by atoms with Crippen molar-refractivity contribution in [1.29, 1.82) is 0 Å². The molecule has 0 bridgehead atoms. The third kappa shape index (κ3) is 4.67. The van der Waals surface area contributed by atoms with Crippen LogP contribution < -0.4 is 14.9 Å². The summed E-state index contributed by atoms with van der Waals surface area (Å²) in [6, 6.07) is 12.1. The van der Waals surface area contributed by atoms with Gasteiger partial charge in [0.05, 0.1) is 18.9 Å². The van der Waals surface area contributed by atoms with E-state index in [2.05, 4.69) is 10.5 Å². The number of carbonyl (C=O) groups excluding carboxylic acids is 2. The number of carbonyl (C=O) groups is 2. The Hall–Kier alpha value is -3.15. The van der Waals surface area contributed by atoms with Crippen LogP contribution in [-0.2, 0) is 4.79 Å². The Bertz CT molecular complexity index is 767. The molecule has 0 spiro atoms. The van der Waals surface area contributed by atoms with E-state index in [4.69, 9.17) is 9.47 Å². The van der Waals surface area contributed by atoms with Crippen LogP contribution in [0.2, 0.25) is 0 Å². The summed E-state index contributed by atoms with van der Waals surface area (Å²) in [5, 5.41) is 3.78. The number of aryl methyl sites for hydroxylation is 1. The summed E-state index contributed by atoms with van der Waals surface area (Å²) in [4.78, 5) is 23.0. The van der Waals surface area contributed by atoms with Crippen LogP contribution >= 0.6 is 0 Å². The molecule has 0 unspecified atom stereocenters. The molecule has 0 saturated carbocycles. The molecule has 0 aliphatic carbocycles. The SMILES string of the molecule is COc1cc(/C=N\NC(C)=O)ccc1OC(=O)c1ccc(C)cc1. The number of methoxy groups -OCH3 is 1. The van der Waals surface area contributed by atoms with Crippen LogP contribution in [0.3, 0.4) is 0 Å². The van der Waals surface area contributed by atoms with Crippen LogP contribution in [-0.4, -0.2) is 25.2 Å². The summed E-state index contributed by atoms with van der Waals surface area (Å²) < 4.78 is 10.6. The first-order valence-corrected chi connectivity index (χ1v) is 7.26. The lowest BCUT2D eigenvalue weighted by atomic mass is 10.1. The minimum Gasteiger partial charge on any atom is -0.493 e. The molecule has 0 fully saturated rings. The van der Waals surface area contributed by atoms with E-state index in [-0.39, 0.29) is 5.91 Å². The molecule has 0 radical (unpaired) electrons. The van der Waals surface area contributed by atoms with Crippen molar-refractivity contribution in [2.45, 2.75) is 13.8 Å². The fraction of sp³-hybridized carbons (Fsp3) is 0.167. The van der Waals surface area contributed by atoms with Gasteiger partial charge >= 0.3 is 5.97 Å². The van der Waals surface area contributed by atoms with Crippen LogP contribution in [0.1, 0.15) is 28.4 Å². The number of benzene rings is 2. The van der Waals surface area contributed by atoms with E-state index in [0.29, 0.717) is 22.6 Å². The summed E-state index contributed by atoms with van der Waals surface area (Å²) in [5.74, 6) is -0.0307. The molecule has 1 amide bonds. The second kappa shape index (κ2) is 7.92. The van der Waals surface area contributed by atoms with Crippen molar-refractivity contribution in [1.82, 2.24) is 5.43 Å². The molecule has 0 aliphatic rings. The predicted molar refractivity (Wildman–Crippen MR) is 90.5 cm³/mol. The van der Waals surface area contributed by atoms with Crippen molar-refractivity contribution in [3.63, 3.8) is 0 Å². The fourth-order valence-corrected chi connectivity index (χ4v) is 1.89. The molecular formula is C18H18N2O4. The van der Waals surface area contributed by atoms with E-state index in [9.17, 15) is 9.59 Å². The van der Waals surface area contributed by atoms with Gasteiger partial charge in [0, 0.05) is 6.92 Å². The van der Waals surface area contributed by atoms with Crippen LogP contribution in [0.5, 0.6) is 11.5 Å². The number of nitrogens with zero attached hydrogens (tertiary/aromatic N) is 1. The molecular weight excluding hydrogens is 308 g/mol. The van der Waals surface area contributed by atoms with Gasteiger partial charge in [-0.15, -0.1) is 0 Å². The molecule has 2 aromatic carbocycles. The number of hydrogen-bond acceptors (Lipinski definition) is 5. The van der Waals surface area contributed by atoms with Crippen LogP contribution in [0.25, 0.3) is 0 Å². The standard InChI is InChI=1S/C18H18N2O4/c1-12-4-7-15(8-5-12)18(22)24-16-9-6-14(10-17(16)23-3)11-19-20-13(2)21/h4-11H,1-3H3,(H,20,21)/b19-11-. The van der Waals surface area contributed by atoms with Crippen molar-refractivity contribution in [3.05, 3.63) is 59.2 Å². The molecule has 0 aromatic heterocycles. The maximum absolute atomic E-state index is 12.2. The van der Waals surface area contributed by atoms with Gasteiger partial charge in [-0.2, -0.15) is 5.10 Å². The van der Waals surface area contributed by atoms with E-state index in [1.807, 2.05) is 19.1 Å². The van der Waals surface area contributed by atoms with Crippen molar-refractivity contribution >= 4 is 18.1 Å². The molecule has 0 atom stereocenters. The van der Waals surface area contributed by atoms with Crippen molar-refractivity contribution in [2.75, 3.05) is 7.11 Å². The zero-order valence-electron chi connectivity index (χ0n) is 13.7. The first-order valence-electron chi connectivity index (χ1n) is 7.26. The van der Waals surface area contributed by atoms with Gasteiger partial charge < -0.3 is 9.47 Å². The van der Waals surface area contributed by atoms with E-state index in [1.165, 1.54) is 20.2 Å². The normalized spacial score (nSPS) is 10.5. The van der Waals surface area contributed by atoms with E-state index in [1.54, 1.807) is 30.3 Å².